The third-order valence-corrected chi connectivity index (χ3v) is 12.8. The zero-order valence-electron chi connectivity index (χ0n) is 22.9. The van der Waals surface area contributed by atoms with Crippen LogP contribution in [-0.4, -0.2) is 11.2 Å². The largest absolute Gasteiger partial charge is 0.392 e. The first-order valence-electron chi connectivity index (χ1n) is 13.6. The van der Waals surface area contributed by atoms with Crippen LogP contribution in [0.3, 0.4) is 0 Å². The van der Waals surface area contributed by atoms with E-state index in [9.17, 15) is 5.11 Å². The van der Waals surface area contributed by atoms with E-state index in [0.717, 1.165) is 6.16 Å². The highest BCUT2D eigenvalue weighted by atomic mass is 31.1. The summed E-state index contributed by atoms with van der Waals surface area (Å²) in [5.74, 6) is 0. The molecule has 1 N–H and O–H groups in total. The summed E-state index contributed by atoms with van der Waals surface area (Å²) in [4.78, 5) is 0. The topological polar surface area (TPSA) is 20.2 Å². The Labute approximate surface area is 236 Å². The third-order valence-electron chi connectivity index (χ3n) is 7.31. The molecule has 1 nitrogen and oxygen atoms in total. The van der Waals surface area contributed by atoms with Gasteiger partial charge in [-0.1, -0.05) is 133 Å². The number of aliphatic hydroxyl groups is 1. The highest BCUT2D eigenvalue weighted by Gasteiger charge is 2.31. The van der Waals surface area contributed by atoms with Crippen molar-refractivity contribution in [1.29, 1.82) is 0 Å². The molecule has 0 heterocycles. The van der Waals surface area contributed by atoms with Crippen LogP contribution < -0.4 is 21.2 Å². The summed E-state index contributed by atoms with van der Waals surface area (Å²) in [6, 6.07) is 48.2. The summed E-state index contributed by atoms with van der Waals surface area (Å²) < 4.78 is 0. The van der Waals surface area contributed by atoms with Crippen LogP contribution in [0.15, 0.2) is 133 Å². The Morgan fingerprint density at radius 2 is 0.974 bits per heavy atom. The second kappa shape index (κ2) is 12.8. The second-order valence-corrected chi connectivity index (χ2v) is 14.7. The summed E-state index contributed by atoms with van der Waals surface area (Å²) in [6.45, 7) is 6.41. The van der Waals surface area contributed by atoms with Gasteiger partial charge in [0.15, 0.2) is 0 Å². The number of hydrogen-bond donors (Lipinski definition) is 1. The van der Waals surface area contributed by atoms with Gasteiger partial charge in [-0.15, -0.1) is 0 Å². The number of rotatable bonds is 9. The molecule has 0 saturated carbocycles. The highest BCUT2D eigenvalue weighted by Crippen LogP contribution is 2.53. The smallest absolute Gasteiger partial charge is 0.0626 e. The minimum atomic E-state index is -0.821. The van der Waals surface area contributed by atoms with E-state index in [2.05, 4.69) is 147 Å². The van der Waals surface area contributed by atoms with E-state index in [1.807, 2.05) is 6.92 Å². The van der Waals surface area contributed by atoms with Gasteiger partial charge < -0.3 is 5.11 Å². The van der Waals surface area contributed by atoms with Gasteiger partial charge in [0.2, 0.25) is 0 Å². The fraction of sp³-hybridized carbons (Fsp3) is 0.167. The molecule has 0 aliphatic heterocycles. The first-order chi connectivity index (χ1) is 19.0. The minimum absolute atomic E-state index is 0.0103. The maximum absolute atomic E-state index is 11.4. The third kappa shape index (κ3) is 6.40. The quantitative estimate of drug-likeness (QED) is 0.190. The molecule has 0 amide bonds. The molecule has 5 aromatic rings. The fourth-order valence-corrected chi connectivity index (χ4v) is 10.7. The predicted molar refractivity (Wildman–Crippen MR) is 172 cm³/mol. The molecular formula is C36H36OP2. The van der Waals surface area contributed by atoms with Crippen molar-refractivity contribution in [1.82, 2.24) is 0 Å². The van der Waals surface area contributed by atoms with E-state index in [0.29, 0.717) is 0 Å². The minimum Gasteiger partial charge on any atom is -0.392 e. The number of hydrogen-bond acceptors (Lipinski definition) is 1. The number of benzene rings is 5. The van der Waals surface area contributed by atoms with Crippen LogP contribution in [0.25, 0.3) is 0 Å². The summed E-state index contributed by atoms with van der Waals surface area (Å²) in [5, 5.41) is 16.8. The molecule has 2 atom stereocenters. The van der Waals surface area contributed by atoms with E-state index in [-0.39, 0.29) is 5.66 Å². The molecule has 0 saturated heterocycles. The molecule has 3 heteroatoms. The van der Waals surface area contributed by atoms with Crippen LogP contribution in [0.2, 0.25) is 0 Å². The van der Waals surface area contributed by atoms with Gasteiger partial charge in [0.05, 0.1) is 6.10 Å². The Morgan fingerprint density at radius 1 is 0.564 bits per heavy atom. The van der Waals surface area contributed by atoms with E-state index >= 15 is 0 Å². The average Bonchev–Trinajstić information content (AvgIpc) is 2.97. The Bertz CT molecular complexity index is 1390. The normalized spacial score (nSPS) is 13.0. The molecule has 5 aromatic carbocycles. The molecule has 39 heavy (non-hydrogen) atoms. The molecular weight excluding hydrogens is 510 g/mol. The van der Waals surface area contributed by atoms with E-state index < -0.39 is 21.9 Å². The van der Waals surface area contributed by atoms with Gasteiger partial charge in [-0.25, -0.2) is 0 Å². The van der Waals surface area contributed by atoms with Crippen LogP contribution in [0.4, 0.5) is 0 Å². The number of aliphatic hydroxyl groups excluding tert-OH is 1. The molecule has 2 unspecified atom stereocenters. The van der Waals surface area contributed by atoms with Crippen molar-refractivity contribution >= 4 is 37.1 Å². The first kappa shape index (κ1) is 27.5. The molecule has 0 spiro atoms. The Balaban J connectivity index is 1.62. The van der Waals surface area contributed by atoms with Crippen LogP contribution in [-0.2, 0) is 6.16 Å². The summed E-state index contributed by atoms with van der Waals surface area (Å²) in [7, 11) is -1.38. The molecule has 0 aliphatic carbocycles. The molecule has 196 valence electrons. The monoisotopic (exact) mass is 546 g/mol. The lowest BCUT2D eigenvalue weighted by Crippen LogP contribution is -2.25. The van der Waals surface area contributed by atoms with Crippen molar-refractivity contribution in [2.75, 3.05) is 0 Å². The molecule has 0 radical (unpaired) electrons. The van der Waals surface area contributed by atoms with Crippen LogP contribution in [0.5, 0.6) is 0 Å². The van der Waals surface area contributed by atoms with Crippen molar-refractivity contribution < 1.29 is 5.11 Å². The summed E-state index contributed by atoms with van der Waals surface area (Å²) in [6.07, 6.45) is 0.486. The van der Waals surface area contributed by atoms with E-state index in [1.165, 1.54) is 43.5 Å². The maximum atomic E-state index is 11.4. The van der Waals surface area contributed by atoms with Crippen molar-refractivity contribution in [3.63, 3.8) is 0 Å². The predicted octanol–water partition coefficient (Wildman–Crippen LogP) is 7.49. The van der Waals surface area contributed by atoms with Crippen LogP contribution in [0, 0.1) is 13.8 Å². The first-order valence-corrected chi connectivity index (χ1v) is 16.5. The lowest BCUT2D eigenvalue weighted by Gasteiger charge is -2.33. The Morgan fingerprint density at radius 3 is 1.38 bits per heavy atom. The maximum Gasteiger partial charge on any atom is 0.0626 e. The van der Waals surface area contributed by atoms with E-state index in [4.69, 9.17) is 0 Å². The number of aryl methyl sites for hydroxylation is 2. The average molecular weight is 547 g/mol. The standard InChI is InChI=1S/C36H36OP2/c1-27-24-28(2)35(25-30(27)26-38(31-16-8-4-9-17-31)32-18-10-5-11-19-32)36(29(3)37)39(33-20-12-6-13-21-33)34-22-14-7-15-23-34/h4-25,29,36-37H,26H2,1-3H3. The van der Waals surface area contributed by atoms with Crippen LogP contribution in [0.1, 0.15) is 34.8 Å². The molecule has 0 fully saturated rings. The van der Waals surface area contributed by atoms with Gasteiger partial charge in [-0.05, 0) is 80.1 Å². The lowest BCUT2D eigenvalue weighted by molar-refractivity contribution is 0.190. The summed E-state index contributed by atoms with van der Waals surface area (Å²) in [5.41, 5.74) is 5.20. The van der Waals surface area contributed by atoms with Gasteiger partial charge in [-0.2, -0.15) is 0 Å². The lowest BCUT2D eigenvalue weighted by atomic mass is 9.96. The Kier molecular flexibility index (Phi) is 9.06. The second-order valence-electron chi connectivity index (χ2n) is 10.1. The fourth-order valence-electron chi connectivity index (χ4n) is 5.39. The Hall–Kier alpha value is -3.08. The van der Waals surface area contributed by atoms with Crippen molar-refractivity contribution in [3.05, 3.63) is 156 Å². The zero-order valence-corrected chi connectivity index (χ0v) is 24.7. The molecule has 0 aliphatic rings. The van der Waals surface area contributed by atoms with Crippen molar-refractivity contribution in [2.45, 2.75) is 38.7 Å². The SMILES string of the molecule is Cc1cc(C)c(C(C(C)O)P(c2ccccc2)c2ccccc2)cc1CP(c1ccccc1)c1ccccc1. The van der Waals surface area contributed by atoms with Crippen molar-refractivity contribution in [2.24, 2.45) is 0 Å². The van der Waals surface area contributed by atoms with Crippen LogP contribution >= 0.6 is 15.8 Å². The molecule has 0 bridgehead atoms. The highest BCUT2D eigenvalue weighted by molar-refractivity contribution is 7.73. The molecule has 5 rings (SSSR count). The van der Waals surface area contributed by atoms with Gasteiger partial charge in [-0.3, -0.25) is 0 Å². The van der Waals surface area contributed by atoms with Gasteiger partial charge in [0.1, 0.15) is 0 Å². The van der Waals surface area contributed by atoms with Crippen molar-refractivity contribution in [3.8, 4) is 0 Å². The van der Waals surface area contributed by atoms with Gasteiger partial charge >= 0.3 is 0 Å². The van der Waals surface area contributed by atoms with Gasteiger partial charge in [0.25, 0.3) is 0 Å². The molecule has 0 aromatic heterocycles. The van der Waals surface area contributed by atoms with E-state index in [1.54, 1.807) is 0 Å². The van der Waals surface area contributed by atoms with Gasteiger partial charge in [0, 0.05) is 11.8 Å². The summed E-state index contributed by atoms with van der Waals surface area (Å²) >= 11 is 0. The zero-order chi connectivity index (χ0) is 27.2.